The minimum absolute atomic E-state index is 0.0773. The summed E-state index contributed by atoms with van der Waals surface area (Å²) in [6, 6.07) is 4.15. The standard InChI is InChI=1S/C13H18N2O4/c1-3-18-9-11(13(17)19-4-2)15-12(16)10-7-5-6-8-14-10/h5-8,11H,3-4,9H2,1-2H3,(H,15,16). The van der Waals surface area contributed by atoms with Crippen LogP contribution in [0.2, 0.25) is 0 Å². The second kappa shape index (κ2) is 8.20. The van der Waals surface area contributed by atoms with E-state index < -0.39 is 17.9 Å². The van der Waals surface area contributed by atoms with Gasteiger partial charge in [0.15, 0.2) is 6.04 Å². The predicted octanol–water partition coefficient (Wildman–Crippen LogP) is 0.780. The zero-order chi connectivity index (χ0) is 14.1. The third kappa shape index (κ3) is 5.05. The second-order valence-corrected chi connectivity index (χ2v) is 3.65. The van der Waals surface area contributed by atoms with Gasteiger partial charge in [-0.3, -0.25) is 9.78 Å². The molecular formula is C13H18N2O4. The van der Waals surface area contributed by atoms with E-state index in [1.54, 1.807) is 25.1 Å². The maximum absolute atomic E-state index is 11.9. The third-order valence-electron chi connectivity index (χ3n) is 2.26. The minimum atomic E-state index is -0.825. The molecule has 0 aliphatic rings. The van der Waals surface area contributed by atoms with Crippen LogP contribution in [0.25, 0.3) is 0 Å². The number of nitrogens with zero attached hydrogens (tertiary/aromatic N) is 1. The summed E-state index contributed by atoms with van der Waals surface area (Å²) in [6.07, 6.45) is 1.51. The maximum atomic E-state index is 11.9. The predicted molar refractivity (Wildman–Crippen MR) is 68.6 cm³/mol. The van der Waals surface area contributed by atoms with Crippen molar-refractivity contribution < 1.29 is 19.1 Å². The summed E-state index contributed by atoms with van der Waals surface area (Å²) in [5.74, 6) is -0.946. The third-order valence-corrected chi connectivity index (χ3v) is 2.26. The molecule has 0 saturated carbocycles. The highest BCUT2D eigenvalue weighted by atomic mass is 16.5. The molecule has 1 rings (SSSR count). The first-order valence-electron chi connectivity index (χ1n) is 6.15. The van der Waals surface area contributed by atoms with Crippen LogP contribution in [0.1, 0.15) is 24.3 Å². The van der Waals surface area contributed by atoms with Crippen molar-refractivity contribution in [1.82, 2.24) is 10.3 Å². The zero-order valence-corrected chi connectivity index (χ0v) is 11.1. The number of aromatic nitrogens is 1. The molecule has 0 saturated heterocycles. The Labute approximate surface area is 112 Å². The highest BCUT2D eigenvalue weighted by Gasteiger charge is 2.23. The molecule has 1 unspecified atom stereocenters. The lowest BCUT2D eigenvalue weighted by molar-refractivity contribution is -0.147. The molecule has 1 N–H and O–H groups in total. The van der Waals surface area contributed by atoms with Gasteiger partial charge in [-0.15, -0.1) is 0 Å². The number of rotatable bonds is 7. The first-order chi connectivity index (χ1) is 9.19. The van der Waals surface area contributed by atoms with Crippen molar-refractivity contribution >= 4 is 11.9 Å². The molecule has 0 aromatic carbocycles. The number of ether oxygens (including phenoxy) is 2. The molecule has 0 spiro atoms. The first-order valence-corrected chi connectivity index (χ1v) is 6.15. The number of hydrogen-bond acceptors (Lipinski definition) is 5. The molecule has 0 radical (unpaired) electrons. The summed E-state index contributed by atoms with van der Waals surface area (Å²) in [5.41, 5.74) is 0.244. The molecule has 1 atom stereocenters. The highest BCUT2D eigenvalue weighted by Crippen LogP contribution is 1.97. The van der Waals surface area contributed by atoms with Crippen molar-refractivity contribution in [3.05, 3.63) is 30.1 Å². The molecule has 1 heterocycles. The summed E-state index contributed by atoms with van der Waals surface area (Å²) in [6.45, 7) is 4.29. The lowest BCUT2D eigenvalue weighted by Gasteiger charge is -2.16. The summed E-state index contributed by atoms with van der Waals surface area (Å²) >= 11 is 0. The van der Waals surface area contributed by atoms with Crippen LogP contribution in [0.4, 0.5) is 0 Å². The van der Waals surface area contributed by atoms with Crippen LogP contribution in [0.15, 0.2) is 24.4 Å². The van der Waals surface area contributed by atoms with Crippen LogP contribution in [0.3, 0.4) is 0 Å². The first kappa shape index (κ1) is 15.1. The quantitative estimate of drug-likeness (QED) is 0.738. The molecule has 6 heteroatoms. The van der Waals surface area contributed by atoms with Crippen molar-refractivity contribution in [3.63, 3.8) is 0 Å². The monoisotopic (exact) mass is 266 g/mol. The molecule has 6 nitrogen and oxygen atoms in total. The van der Waals surface area contributed by atoms with Crippen LogP contribution >= 0.6 is 0 Å². The molecule has 1 aromatic rings. The van der Waals surface area contributed by atoms with E-state index in [2.05, 4.69) is 10.3 Å². The minimum Gasteiger partial charge on any atom is -0.464 e. The van der Waals surface area contributed by atoms with E-state index >= 15 is 0 Å². The van der Waals surface area contributed by atoms with Crippen LogP contribution in [-0.2, 0) is 14.3 Å². The van der Waals surface area contributed by atoms with Crippen molar-refractivity contribution in [2.45, 2.75) is 19.9 Å². The summed E-state index contributed by atoms with van der Waals surface area (Å²) in [5, 5.41) is 2.55. The van der Waals surface area contributed by atoms with Crippen LogP contribution in [0.5, 0.6) is 0 Å². The van der Waals surface area contributed by atoms with Crippen LogP contribution < -0.4 is 5.32 Å². The van der Waals surface area contributed by atoms with Gasteiger partial charge in [0, 0.05) is 12.8 Å². The van der Waals surface area contributed by atoms with Gasteiger partial charge in [-0.2, -0.15) is 0 Å². The van der Waals surface area contributed by atoms with E-state index in [-0.39, 0.29) is 18.9 Å². The van der Waals surface area contributed by atoms with Gasteiger partial charge in [-0.1, -0.05) is 6.07 Å². The lowest BCUT2D eigenvalue weighted by atomic mass is 10.2. The number of nitrogens with one attached hydrogen (secondary N) is 1. The Bertz CT molecular complexity index is 408. The smallest absolute Gasteiger partial charge is 0.331 e. The average molecular weight is 266 g/mol. The fourth-order valence-corrected chi connectivity index (χ4v) is 1.38. The van der Waals surface area contributed by atoms with E-state index in [0.29, 0.717) is 6.61 Å². The number of carbonyl (C=O) groups is 2. The van der Waals surface area contributed by atoms with Crippen molar-refractivity contribution in [3.8, 4) is 0 Å². The van der Waals surface area contributed by atoms with Crippen molar-refractivity contribution in [2.24, 2.45) is 0 Å². The molecule has 0 bridgehead atoms. The fraction of sp³-hybridized carbons (Fsp3) is 0.462. The normalized spacial score (nSPS) is 11.7. The number of carbonyl (C=O) groups excluding carboxylic acids is 2. The SMILES string of the molecule is CCOCC(NC(=O)c1ccccn1)C(=O)OCC. The molecular weight excluding hydrogens is 248 g/mol. The van der Waals surface area contributed by atoms with E-state index in [1.807, 2.05) is 6.92 Å². The Morgan fingerprint density at radius 3 is 2.68 bits per heavy atom. The van der Waals surface area contributed by atoms with Gasteiger partial charge in [0.25, 0.3) is 5.91 Å². The number of esters is 1. The Kier molecular flexibility index (Phi) is 6.52. The molecule has 0 aliphatic heterocycles. The van der Waals surface area contributed by atoms with E-state index in [4.69, 9.17) is 9.47 Å². The molecule has 1 amide bonds. The van der Waals surface area contributed by atoms with Crippen molar-refractivity contribution in [2.75, 3.05) is 19.8 Å². The molecule has 0 aliphatic carbocycles. The lowest BCUT2D eigenvalue weighted by Crippen LogP contribution is -2.45. The Morgan fingerprint density at radius 1 is 1.32 bits per heavy atom. The van der Waals surface area contributed by atoms with Crippen molar-refractivity contribution in [1.29, 1.82) is 0 Å². The van der Waals surface area contributed by atoms with Gasteiger partial charge in [0.05, 0.1) is 13.2 Å². The second-order valence-electron chi connectivity index (χ2n) is 3.65. The molecule has 0 fully saturated rings. The molecule has 1 aromatic heterocycles. The Morgan fingerprint density at radius 2 is 2.11 bits per heavy atom. The van der Waals surface area contributed by atoms with Gasteiger partial charge >= 0.3 is 5.97 Å². The summed E-state index contributed by atoms with van der Waals surface area (Å²) < 4.78 is 10.0. The Balaban J connectivity index is 2.66. The van der Waals surface area contributed by atoms with E-state index in [0.717, 1.165) is 0 Å². The van der Waals surface area contributed by atoms with Gasteiger partial charge < -0.3 is 14.8 Å². The van der Waals surface area contributed by atoms with Gasteiger partial charge in [0.1, 0.15) is 5.69 Å². The highest BCUT2D eigenvalue weighted by molar-refractivity contribution is 5.95. The van der Waals surface area contributed by atoms with Gasteiger partial charge in [0.2, 0.25) is 0 Å². The fourth-order valence-electron chi connectivity index (χ4n) is 1.38. The number of hydrogen-bond donors (Lipinski definition) is 1. The maximum Gasteiger partial charge on any atom is 0.331 e. The molecule has 104 valence electrons. The van der Waals surface area contributed by atoms with Crippen LogP contribution in [0, 0.1) is 0 Å². The number of pyridine rings is 1. The Hall–Kier alpha value is -1.95. The van der Waals surface area contributed by atoms with Gasteiger partial charge in [-0.25, -0.2) is 4.79 Å². The summed E-state index contributed by atoms with van der Waals surface area (Å²) in [7, 11) is 0. The largest absolute Gasteiger partial charge is 0.464 e. The van der Waals surface area contributed by atoms with Gasteiger partial charge in [-0.05, 0) is 26.0 Å². The number of amides is 1. The summed E-state index contributed by atoms with van der Waals surface area (Å²) in [4.78, 5) is 27.5. The van der Waals surface area contributed by atoms with E-state index in [1.165, 1.54) is 6.20 Å². The molecule has 19 heavy (non-hydrogen) atoms. The van der Waals surface area contributed by atoms with Crippen LogP contribution in [-0.4, -0.2) is 42.7 Å². The average Bonchev–Trinajstić information content (AvgIpc) is 2.44. The topological polar surface area (TPSA) is 77.5 Å². The van der Waals surface area contributed by atoms with E-state index in [9.17, 15) is 9.59 Å². The zero-order valence-electron chi connectivity index (χ0n) is 11.1.